The molecule has 2 rings (SSSR count). The van der Waals surface area contributed by atoms with E-state index in [4.69, 9.17) is 22.4 Å². The van der Waals surface area contributed by atoms with E-state index in [1.807, 2.05) is 0 Å². The molecule has 4 nitrogen and oxygen atoms in total. The normalized spacial score (nSPS) is 10.6. The number of aromatic carboxylic acids is 1. The van der Waals surface area contributed by atoms with Gasteiger partial charge in [-0.3, -0.25) is 4.98 Å². The summed E-state index contributed by atoms with van der Waals surface area (Å²) in [5.41, 5.74) is 6.74. The lowest BCUT2D eigenvalue weighted by Crippen LogP contribution is -2.05. The molecule has 0 fully saturated rings. The fourth-order valence-corrected chi connectivity index (χ4v) is 1.70. The quantitative estimate of drug-likeness (QED) is 0.837. The van der Waals surface area contributed by atoms with Crippen LogP contribution in [-0.2, 0) is 6.54 Å². The third kappa shape index (κ3) is 1.85. The van der Waals surface area contributed by atoms with E-state index in [1.54, 1.807) is 18.2 Å². The summed E-state index contributed by atoms with van der Waals surface area (Å²) in [6.45, 7) is 0.197. The molecule has 1 heterocycles. The molecular formula is C11H9ClN2O2. The lowest BCUT2D eigenvalue weighted by Gasteiger charge is -2.05. The molecule has 0 saturated heterocycles. The van der Waals surface area contributed by atoms with Crippen LogP contribution in [0, 0.1) is 0 Å². The van der Waals surface area contributed by atoms with E-state index in [1.165, 1.54) is 6.07 Å². The number of hydrogen-bond donors (Lipinski definition) is 2. The van der Waals surface area contributed by atoms with Crippen molar-refractivity contribution >= 4 is 28.5 Å². The first-order valence-corrected chi connectivity index (χ1v) is 5.02. The predicted molar refractivity (Wildman–Crippen MR) is 61.6 cm³/mol. The van der Waals surface area contributed by atoms with Crippen molar-refractivity contribution < 1.29 is 9.90 Å². The first-order chi connectivity index (χ1) is 7.61. The molecule has 0 aliphatic carbocycles. The van der Waals surface area contributed by atoms with Crippen LogP contribution in [0.3, 0.4) is 0 Å². The van der Waals surface area contributed by atoms with Crippen LogP contribution in [0.5, 0.6) is 0 Å². The zero-order valence-electron chi connectivity index (χ0n) is 8.27. The molecule has 16 heavy (non-hydrogen) atoms. The molecule has 0 aliphatic rings. The summed E-state index contributed by atoms with van der Waals surface area (Å²) in [6, 6.07) is 6.40. The maximum absolute atomic E-state index is 11.1. The van der Waals surface area contributed by atoms with Crippen molar-refractivity contribution in [3.63, 3.8) is 0 Å². The van der Waals surface area contributed by atoms with E-state index in [9.17, 15) is 4.79 Å². The van der Waals surface area contributed by atoms with Crippen LogP contribution in [-0.4, -0.2) is 16.1 Å². The Morgan fingerprint density at radius 1 is 1.44 bits per heavy atom. The molecule has 2 aromatic rings. The molecule has 0 atom stereocenters. The Morgan fingerprint density at radius 3 is 2.81 bits per heavy atom. The number of nitrogens with two attached hydrogens (primary N) is 1. The predicted octanol–water partition coefficient (Wildman–Crippen LogP) is 2.05. The molecule has 0 bridgehead atoms. The Labute approximate surface area is 96.7 Å². The largest absolute Gasteiger partial charge is 0.478 e. The van der Waals surface area contributed by atoms with Crippen molar-refractivity contribution in [1.29, 1.82) is 0 Å². The van der Waals surface area contributed by atoms with Crippen LogP contribution in [0.25, 0.3) is 10.9 Å². The van der Waals surface area contributed by atoms with Gasteiger partial charge in [0.1, 0.15) is 0 Å². The van der Waals surface area contributed by atoms with Crippen LogP contribution < -0.4 is 5.73 Å². The van der Waals surface area contributed by atoms with Gasteiger partial charge in [0.15, 0.2) is 0 Å². The Kier molecular flexibility index (Phi) is 2.77. The SMILES string of the molecule is NCc1cc(C(=O)O)c2ccc(Cl)cc2n1. The number of pyridine rings is 1. The molecule has 82 valence electrons. The molecule has 5 heteroatoms. The van der Waals surface area contributed by atoms with Gasteiger partial charge < -0.3 is 10.8 Å². The molecule has 0 saturated carbocycles. The number of carboxylic acid groups (broad SMARTS) is 1. The highest BCUT2D eigenvalue weighted by Gasteiger charge is 2.11. The van der Waals surface area contributed by atoms with Crippen molar-refractivity contribution in [2.75, 3.05) is 0 Å². The Morgan fingerprint density at radius 2 is 2.19 bits per heavy atom. The Bertz CT molecular complexity index is 569. The molecule has 0 spiro atoms. The van der Waals surface area contributed by atoms with Gasteiger partial charge in [-0.15, -0.1) is 0 Å². The minimum atomic E-state index is -0.996. The number of nitrogens with zero attached hydrogens (tertiary/aromatic N) is 1. The van der Waals surface area contributed by atoms with Crippen molar-refractivity contribution in [3.8, 4) is 0 Å². The highest BCUT2D eigenvalue weighted by atomic mass is 35.5. The third-order valence-corrected chi connectivity index (χ3v) is 2.50. The molecule has 0 aliphatic heterocycles. The van der Waals surface area contributed by atoms with E-state index in [-0.39, 0.29) is 12.1 Å². The monoisotopic (exact) mass is 236 g/mol. The number of halogens is 1. The first kappa shape index (κ1) is 10.9. The molecular weight excluding hydrogens is 228 g/mol. The molecule has 0 radical (unpaired) electrons. The summed E-state index contributed by atoms with van der Waals surface area (Å²) >= 11 is 5.83. The van der Waals surface area contributed by atoms with Gasteiger partial charge >= 0.3 is 5.97 Å². The highest BCUT2D eigenvalue weighted by Crippen LogP contribution is 2.22. The van der Waals surface area contributed by atoms with E-state index >= 15 is 0 Å². The van der Waals surface area contributed by atoms with Gasteiger partial charge in [-0.1, -0.05) is 17.7 Å². The number of fused-ring (bicyclic) bond motifs is 1. The zero-order chi connectivity index (χ0) is 11.7. The molecule has 1 aromatic heterocycles. The molecule has 3 N–H and O–H groups in total. The average molecular weight is 237 g/mol. The standard InChI is InChI=1S/C11H9ClN2O2/c12-6-1-2-8-9(11(15)16)4-7(5-13)14-10(8)3-6/h1-4H,5,13H2,(H,15,16). The van der Waals surface area contributed by atoms with Crippen LogP contribution in [0.1, 0.15) is 16.1 Å². The third-order valence-electron chi connectivity index (χ3n) is 2.26. The van der Waals surface area contributed by atoms with Crippen molar-refractivity contribution in [3.05, 3.63) is 40.5 Å². The molecule has 0 unspecified atom stereocenters. The van der Waals surface area contributed by atoms with Crippen LogP contribution in [0.4, 0.5) is 0 Å². The Hall–Kier alpha value is -1.65. The average Bonchev–Trinajstić information content (AvgIpc) is 2.26. The maximum atomic E-state index is 11.1. The van der Waals surface area contributed by atoms with Gasteiger partial charge in [-0.2, -0.15) is 0 Å². The van der Waals surface area contributed by atoms with Gasteiger partial charge in [0.05, 0.1) is 16.8 Å². The minimum Gasteiger partial charge on any atom is -0.478 e. The second kappa shape index (κ2) is 4.08. The lowest BCUT2D eigenvalue weighted by molar-refractivity contribution is 0.0699. The molecule has 0 amide bonds. The van der Waals surface area contributed by atoms with Gasteiger partial charge in [-0.25, -0.2) is 4.79 Å². The summed E-state index contributed by atoms with van der Waals surface area (Å²) < 4.78 is 0. The van der Waals surface area contributed by atoms with E-state index in [0.29, 0.717) is 21.6 Å². The van der Waals surface area contributed by atoms with Crippen LogP contribution in [0.2, 0.25) is 5.02 Å². The van der Waals surface area contributed by atoms with E-state index in [0.717, 1.165) is 0 Å². The smallest absolute Gasteiger partial charge is 0.336 e. The van der Waals surface area contributed by atoms with Gasteiger partial charge in [-0.05, 0) is 18.2 Å². The van der Waals surface area contributed by atoms with Crippen LogP contribution >= 0.6 is 11.6 Å². The minimum absolute atomic E-state index is 0.196. The van der Waals surface area contributed by atoms with Gasteiger partial charge in [0.25, 0.3) is 0 Å². The van der Waals surface area contributed by atoms with Crippen molar-refractivity contribution in [2.45, 2.75) is 6.54 Å². The number of benzene rings is 1. The van der Waals surface area contributed by atoms with Crippen molar-refractivity contribution in [2.24, 2.45) is 5.73 Å². The fraction of sp³-hybridized carbons (Fsp3) is 0.0909. The Balaban J connectivity index is 2.81. The second-order valence-electron chi connectivity index (χ2n) is 3.33. The number of carboxylic acids is 1. The second-order valence-corrected chi connectivity index (χ2v) is 3.77. The fourth-order valence-electron chi connectivity index (χ4n) is 1.54. The summed E-state index contributed by atoms with van der Waals surface area (Å²) in [4.78, 5) is 15.3. The number of hydrogen-bond acceptors (Lipinski definition) is 3. The topological polar surface area (TPSA) is 76.2 Å². The summed E-state index contributed by atoms with van der Waals surface area (Å²) in [7, 11) is 0. The van der Waals surface area contributed by atoms with Gasteiger partial charge in [0.2, 0.25) is 0 Å². The zero-order valence-corrected chi connectivity index (χ0v) is 9.03. The summed E-state index contributed by atoms with van der Waals surface area (Å²) in [6.07, 6.45) is 0. The lowest BCUT2D eigenvalue weighted by atomic mass is 10.1. The van der Waals surface area contributed by atoms with E-state index in [2.05, 4.69) is 4.98 Å². The molecule has 1 aromatic carbocycles. The number of aromatic nitrogens is 1. The van der Waals surface area contributed by atoms with E-state index < -0.39 is 5.97 Å². The highest BCUT2D eigenvalue weighted by molar-refractivity contribution is 6.31. The number of rotatable bonds is 2. The van der Waals surface area contributed by atoms with Crippen LogP contribution in [0.15, 0.2) is 24.3 Å². The summed E-state index contributed by atoms with van der Waals surface area (Å²) in [5, 5.41) is 10.2. The summed E-state index contributed by atoms with van der Waals surface area (Å²) in [5.74, 6) is -0.996. The van der Waals surface area contributed by atoms with Gasteiger partial charge in [0, 0.05) is 17.0 Å². The number of carbonyl (C=O) groups is 1. The first-order valence-electron chi connectivity index (χ1n) is 4.64. The maximum Gasteiger partial charge on any atom is 0.336 e. The van der Waals surface area contributed by atoms with Crippen molar-refractivity contribution in [1.82, 2.24) is 4.98 Å².